The number of nitrogens with zero attached hydrogens (tertiary/aromatic N) is 1. The lowest BCUT2D eigenvalue weighted by Crippen LogP contribution is -2.29. The topological polar surface area (TPSA) is 70.7 Å². The Morgan fingerprint density at radius 3 is 2.61 bits per heavy atom. The predicted molar refractivity (Wildman–Crippen MR) is 126 cm³/mol. The van der Waals surface area contributed by atoms with Gasteiger partial charge < -0.3 is 20.3 Å². The Kier molecular flexibility index (Phi) is 8.52. The summed E-state index contributed by atoms with van der Waals surface area (Å²) in [6.45, 7) is 8.09. The molecule has 0 aliphatic heterocycles. The van der Waals surface area contributed by atoms with Crippen molar-refractivity contribution in [3.05, 3.63) is 29.8 Å². The molecule has 6 heteroatoms. The van der Waals surface area contributed by atoms with Gasteiger partial charge in [0.25, 0.3) is 0 Å². The van der Waals surface area contributed by atoms with Crippen LogP contribution in [0.5, 0.6) is 0 Å². The number of rotatable bonds is 11. The maximum Gasteiger partial charge on any atom is 0.330 e. The molecule has 3 atom stereocenters. The molecule has 3 rings (SSSR count). The van der Waals surface area contributed by atoms with Crippen LogP contribution in [0, 0.1) is 17.8 Å². The van der Waals surface area contributed by atoms with Gasteiger partial charge in [-0.25, -0.2) is 4.79 Å². The van der Waals surface area contributed by atoms with E-state index in [0.717, 1.165) is 55.0 Å². The number of ether oxygens (including phenoxy) is 1. The minimum Gasteiger partial charge on any atom is -0.466 e. The van der Waals surface area contributed by atoms with E-state index in [1.165, 1.54) is 38.9 Å². The molecule has 0 heterocycles. The van der Waals surface area contributed by atoms with Crippen LogP contribution in [0.15, 0.2) is 24.3 Å². The van der Waals surface area contributed by atoms with Crippen molar-refractivity contribution < 1.29 is 14.3 Å². The van der Waals surface area contributed by atoms with Gasteiger partial charge >= 0.3 is 5.97 Å². The van der Waals surface area contributed by atoms with Crippen LogP contribution in [0.4, 0.5) is 11.4 Å². The summed E-state index contributed by atoms with van der Waals surface area (Å²) in [5.41, 5.74) is 2.51. The summed E-state index contributed by atoms with van der Waals surface area (Å²) in [5, 5.41) is 6.61. The molecule has 0 spiro atoms. The zero-order valence-corrected chi connectivity index (χ0v) is 19.2. The summed E-state index contributed by atoms with van der Waals surface area (Å²) in [5.74, 6) is 1.78. The third-order valence-corrected chi connectivity index (χ3v) is 6.90. The smallest absolute Gasteiger partial charge is 0.330 e. The molecule has 170 valence electrons. The molecular weight excluding hydrogens is 390 g/mol. The van der Waals surface area contributed by atoms with Gasteiger partial charge in [-0.05, 0) is 73.9 Å². The number of amides is 1. The van der Waals surface area contributed by atoms with Crippen molar-refractivity contribution in [2.24, 2.45) is 17.8 Å². The second-order valence-electron chi connectivity index (χ2n) is 8.80. The molecule has 6 nitrogen and oxygen atoms in total. The maximum absolute atomic E-state index is 12.9. The monoisotopic (exact) mass is 427 g/mol. The number of hydrogen-bond donors (Lipinski definition) is 2. The van der Waals surface area contributed by atoms with Gasteiger partial charge in [0, 0.05) is 25.6 Å². The van der Waals surface area contributed by atoms with Crippen molar-refractivity contribution in [2.45, 2.75) is 46.0 Å². The summed E-state index contributed by atoms with van der Waals surface area (Å²) in [6.07, 6.45) is 8.84. The fourth-order valence-electron chi connectivity index (χ4n) is 5.11. The zero-order valence-electron chi connectivity index (χ0n) is 19.2. The molecule has 31 heavy (non-hydrogen) atoms. The molecule has 2 aliphatic rings. The fourth-order valence-corrected chi connectivity index (χ4v) is 5.11. The summed E-state index contributed by atoms with van der Waals surface area (Å²) in [7, 11) is 1.36. The Morgan fingerprint density at radius 1 is 1.16 bits per heavy atom. The van der Waals surface area contributed by atoms with Crippen LogP contribution in [0.2, 0.25) is 0 Å². The number of likely N-dealkylation sites (N-methyl/N-ethyl adjacent to an activating group) is 1. The van der Waals surface area contributed by atoms with E-state index in [1.807, 2.05) is 18.2 Å². The highest BCUT2D eigenvalue weighted by Crippen LogP contribution is 2.49. The van der Waals surface area contributed by atoms with Crippen molar-refractivity contribution >= 4 is 29.3 Å². The highest BCUT2D eigenvalue weighted by Gasteiger charge is 2.40. The zero-order chi connectivity index (χ0) is 22.2. The number of methoxy groups -OCH3 is 1. The molecule has 2 N–H and O–H groups in total. The van der Waals surface area contributed by atoms with E-state index in [4.69, 9.17) is 0 Å². The second-order valence-corrected chi connectivity index (χ2v) is 8.80. The lowest BCUT2D eigenvalue weighted by molar-refractivity contribution is -0.134. The number of hydrogen-bond acceptors (Lipinski definition) is 5. The first-order valence-electron chi connectivity index (χ1n) is 11.7. The quantitative estimate of drug-likeness (QED) is 0.405. The van der Waals surface area contributed by atoms with Crippen LogP contribution < -0.4 is 10.6 Å². The molecule has 0 radical (unpaired) electrons. The number of benzene rings is 1. The first-order chi connectivity index (χ1) is 15.0. The van der Waals surface area contributed by atoms with E-state index < -0.39 is 5.97 Å². The van der Waals surface area contributed by atoms with Crippen molar-refractivity contribution in [1.29, 1.82) is 0 Å². The molecule has 2 fully saturated rings. The Hall–Kier alpha value is -2.34. The maximum atomic E-state index is 12.9. The van der Waals surface area contributed by atoms with Gasteiger partial charge in [0.15, 0.2) is 0 Å². The summed E-state index contributed by atoms with van der Waals surface area (Å²) in [4.78, 5) is 26.6. The van der Waals surface area contributed by atoms with Crippen LogP contribution >= 0.6 is 0 Å². The summed E-state index contributed by atoms with van der Waals surface area (Å²) < 4.78 is 4.67. The first kappa shape index (κ1) is 23.3. The van der Waals surface area contributed by atoms with Crippen LogP contribution in [0.25, 0.3) is 6.08 Å². The fraction of sp³-hybridized carbons (Fsp3) is 0.600. The van der Waals surface area contributed by atoms with E-state index in [2.05, 4.69) is 34.1 Å². The van der Waals surface area contributed by atoms with Gasteiger partial charge in [0.1, 0.15) is 0 Å². The van der Waals surface area contributed by atoms with Crippen LogP contribution in [0.1, 0.15) is 51.5 Å². The molecule has 2 saturated carbocycles. The van der Waals surface area contributed by atoms with Crippen molar-refractivity contribution in [1.82, 2.24) is 4.90 Å². The lowest BCUT2D eigenvalue weighted by Gasteiger charge is -2.22. The van der Waals surface area contributed by atoms with Gasteiger partial charge in [0.05, 0.1) is 18.5 Å². The molecule has 0 aromatic heterocycles. The molecule has 2 bridgehead atoms. The number of carbonyl (C=O) groups excluding carboxylic acids is 2. The Bertz CT molecular complexity index is 788. The van der Waals surface area contributed by atoms with Crippen LogP contribution in [-0.4, -0.2) is 50.1 Å². The van der Waals surface area contributed by atoms with E-state index in [0.29, 0.717) is 12.3 Å². The molecular formula is C25H37N3O3. The number of esters is 1. The SMILES string of the molecule is CCN(CC)CCNc1ccc(/C=C/C(=O)OC)cc1NC(=O)CC1C[C@@H]2CC[C@H]1C2. The third-order valence-electron chi connectivity index (χ3n) is 6.90. The first-order valence-corrected chi connectivity index (χ1v) is 11.7. The number of fused-ring (bicyclic) bond motifs is 2. The number of nitrogens with one attached hydrogen (secondary N) is 2. The molecule has 0 saturated heterocycles. The van der Waals surface area contributed by atoms with E-state index in [9.17, 15) is 9.59 Å². The van der Waals surface area contributed by atoms with Crippen LogP contribution in [0.3, 0.4) is 0 Å². The highest BCUT2D eigenvalue weighted by molar-refractivity contribution is 5.95. The molecule has 1 amide bonds. The molecule has 2 aliphatic carbocycles. The average molecular weight is 428 g/mol. The predicted octanol–water partition coefficient (Wildman–Crippen LogP) is 4.39. The van der Waals surface area contributed by atoms with E-state index in [1.54, 1.807) is 6.08 Å². The molecule has 1 aromatic carbocycles. The van der Waals surface area contributed by atoms with E-state index in [-0.39, 0.29) is 5.91 Å². The third kappa shape index (κ3) is 6.57. The van der Waals surface area contributed by atoms with Gasteiger partial charge in [0.2, 0.25) is 5.91 Å². The van der Waals surface area contributed by atoms with Gasteiger partial charge in [-0.3, -0.25) is 4.79 Å². The van der Waals surface area contributed by atoms with Crippen molar-refractivity contribution in [3.8, 4) is 0 Å². The van der Waals surface area contributed by atoms with Gasteiger partial charge in [-0.15, -0.1) is 0 Å². The Balaban J connectivity index is 1.67. The van der Waals surface area contributed by atoms with Gasteiger partial charge in [-0.2, -0.15) is 0 Å². The lowest BCUT2D eigenvalue weighted by atomic mass is 9.86. The standard InChI is InChI=1S/C25H37N3O3/c1-4-28(5-2)13-12-26-22-10-7-18(8-11-25(30)31-3)16-23(22)27-24(29)17-21-15-19-6-9-20(21)14-19/h7-8,10-11,16,19-21,26H,4-6,9,12-15,17H2,1-3H3,(H,27,29)/b11-8+/t19-,20+,21?/m1/s1. The minimum absolute atomic E-state index is 0.0819. The highest BCUT2D eigenvalue weighted by atomic mass is 16.5. The van der Waals surface area contributed by atoms with Crippen molar-refractivity contribution in [2.75, 3.05) is 43.9 Å². The number of carbonyl (C=O) groups is 2. The second kappa shape index (κ2) is 11.3. The van der Waals surface area contributed by atoms with E-state index >= 15 is 0 Å². The number of anilines is 2. The Morgan fingerprint density at radius 2 is 1.97 bits per heavy atom. The summed E-state index contributed by atoms with van der Waals surface area (Å²) >= 11 is 0. The molecule has 1 unspecified atom stereocenters. The van der Waals surface area contributed by atoms with Gasteiger partial charge in [-0.1, -0.05) is 26.3 Å². The normalized spacial score (nSPS) is 22.3. The Labute approximate surface area is 186 Å². The molecule has 1 aromatic rings. The van der Waals surface area contributed by atoms with Crippen LogP contribution in [-0.2, 0) is 14.3 Å². The summed E-state index contributed by atoms with van der Waals surface area (Å²) in [6, 6.07) is 5.81. The minimum atomic E-state index is -0.400. The van der Waals surface area contributed by atoms with Crippen molar-refractivity contribution in [3.63, 3.8) is 0 Å². The average Bonchev–Trinajstić information content (AvgIpc) is 3.39. The largest absolute Gasteiger partial charge is 0.466 e.